The SMILES string of the molecule is CCC(N)Cc1ccc(Cl)cc1N1CCS(=O)(=O)CC1. The third-order valence-corrected chi connectivity index (χ3v) is 5.58. The Morgan fingerprint density at radius 1 is 1.35 bits per heavy atom. The van der Waals surface area contributed by atoms with E-state index in [1.807, 2.05) is 18.2 Å². The second-order valence-electron chi connectivity index (χ2n) is 5.28. The summed E-state index contributed by atoms with van der Waals surface area (Å²) in [6.45, 7) is 3.11. The highest BCUT2D eigenvalue weighted by Crippen LogP contribution is 2.27. The fourth-order valence-electron chi connectivity index (χ4n) is 2.38. The molecule has 1 atom stereocenters. The quantitative estimate of drug-likeness (QED) is 0.921. The van der Waals surface area contributed by atoms with Crippen LogP contribution in [0.25, 0.3) is 0 Å². The van der Waals surface area contributed by atoms with Gasteiger partial charge in [-0.1, -0.05) is 24.6 Å². The number of nitrogens with two attached hydrogens (primary N) is 1. The van der Waals surface area contributed by atoms with E-state index in [-0.39, 0.29) is 17.5 Å². The highest BCUT2D eigenvalue weighted by Gasteiger charge is 2.23. The number of benzene rings is 1. The summed E-state index contributed by atoms with van der Waals surface area (Å²) in [5.74, 6) is 0.414. The predicted molar refractivity (Wildman–Crippen MR) is 84.3 cm³/mol. The summed E-state index contributed by atoms with van der Waals surface area (Å²) in [6.07, 6.45) is 1.70. The first kappa shape index (κ1) is 15.6. The first-order valence-corrected chi connectivity index (χ1v) is 9.10. The molecule has 20 heavy (non-hydrogen) atoms. The van der Waals surface area contributed by atoms with Crippen molar-refractivity contribution in [2.24, 2.45) is 5.73 Å². The van der Waals surface area contributed by atoms with Crippen LogP contribution in [0.1, 0.15) is 18.9 Å². The average molecular weight is 317 g/mol. The molecule has 0 aliphatic carbocycles. The van der Waals surface area contributed by atoms with Crippen LogP contribution >= 0.6 is 11.6 Å². The molecule has 0 radical (unpaired) electrons. The molecular formula is C14H21ClN2O2S. The molecule has 0 aromatic heterocycles. The first-order valence-electron chi connectivity index (χ1n) is 6.90. The molecule has 1 aliphatic rings. The van der Waals surface area contributed by atoms with E-state index in [1.165, 1.54) is 0 Å². The van der Waals surface area contributed by atoms with Crippen molar-refractivity contribution in [1.82, 2.24) is 0 Å². The van der Waals surface area contributed by atoms with Crippen LogP contribution in [-0.2, 0) is 16.3 Å². The zero-order valence-electron chi connectivity index (χ0n) is 11.7. The van der Waals surface area contributed by atoms with E-state index in [2.05, 4.69) is 11.8 Å². The van der Waals surface area contributed by atoms with Crippen LogP contribution in [0, 0.1) is 0 Å². The molecule has 0 amide bonds. The molecule has 1 heterocycles. The highest BCUT2D eigenvalue weighted by atomic mass is 35.5. The summed E-state index contributed by atoms with van der Waals surface area (Å²) in [5.41, 5.74) is 8.20. The van der Waals surface area contributed by atoms with Crippen LogP contribution < -0.4 is 10.6 Å². The van der Waals surface area contributed by atoms with Crippen LogP contribution in [0.15, 0.2) is 18.2 Å². The minimum absolute atomic E-state index is 0.114. The van der Waals surface area contributed by atoms with Gasteiger partial charge in [0.1, 0.15) is 0 Å². The normalized spacial score (nSPS) is 19.9. The number of hydrogen-bond donors (Lipinski definition) is 1. The molecule has 0 saturated carbocycles. The van der Waals surface area contributed by atoms with Gasteiger partial charge in [0, 0.05) is 29.8 Å². The fourth-order valence-corrected chi connectivity index (χ4v) is 3.75. The van der Waals surface area contributed by atoms with Gasteiger partial charge in [0.15, 0.2) is 9.84 Å². The summed E-state index contributed by atoms with van der Waals surface area (Å²) in [6, 6.07) is 5.89. The van der Waals surface area contributed by atoms with Gasteiger partial charge < -0.3 is 10.6 Å². The minimum Gasteiger partial charge on any atom is -0.369 e. The maximum atomic E-state index is 11.5. The van der Waals surface area contributed by atoms with Gasteiger partial charge >= 0.3 is 0 Å². The lowest BCUT2D eigenvalue weighted by molar-refractivity contribution is 0.586. The van der Waals surface area contributed by atoms with E-state index in [4.69, 9.17) is 17.3 Å². The number of rotatable bonds is 4. The Hall–Kier alpha value is -0.780. The van der Waals surface area contributed by atoms with Crippen molar-refractivity contribution in [2.75, 3.05) is 29.5 Å². The van der Waals surface area contributed by atoms with E-state index in [0.29, 0.717) is 18.1 Å². The Balaban J connectivity index is 2.23. The zero-order chi connectivity index (χ0) is 14.8. The highest BCUT2D eigenvalue weighted by molar-refractivity contribution is 7.91. The monoisotopic (exact) mass is 316 g/mol. The number of halogens is 1. The Labute approximate surface area is 125 Å². The number of anilines is 1. The Bertz CT molecular complexity index is 561. The maximum absolute atomic E-state index is 11.5. The third kappa shape index (κ3) is 3.87. The lowest BCUT2D eigenvalue weighted by atomic mass is 10.0. The molecule has 1 fully saturated rings. The molecule has 6 heteroatoms. The zero-order valence-corrected chi connectivity index (χ0v) is 13.3. The lowest BCUT2D eigenvalue weighted by Gasteiger charge is -2.31. The van der Waals surface area contributed by atoms with Crippen molar-refractivity contribution in [3.63, 3.8) is 0 Å². The first-order chi connectivity index (χ1) is 9.41. The Kier molecular flexibility index (Phi) is 4.94. The molecule has 4 nitrogen and oxygen atoms in total. The lowest BCUT2D eigenvalue weighted by Crippen LogP contribution is -2.41. The molecule has 0 spiro atoms. The molecular weight excluding hydrogens is 296 g/mol. The van der Waals surface area contributed by atoms with Gasteiger partial charge in [-0.2, -0.15) is 0 Å². The summed E-state index contributed by atoms with van der Waals surface area (Å²) in [5, 5.41) is 0.669. The van der Waals surface area contributed by atoms with E-state index < -0.39 is 9.84 Å². The van der Waals surface area contributed by atoms with E-state index in [0.717, 1.165) is 24.1 Å². The average Bonchev–Trinajstić information content (AvgIpc) is 2.41. The van der Waals surface area contributed by atoms with Crippen molar-refractivity contribution in [3.05, 3.63) is 28.8 Å². The van der Waals surface area contributed by atoms with Crippen molar-refractivity contribution in [1.29, 1.82) is 0 Å². The molecule has 1 aromatic rings. The third-order valence-electron chi connectivity index (χ3n) is 3.74. The summed E-state index contributed by atoms with van der Waals surface area (Å²) >= 11 is 6.09. The summed E-state index contributed by atoms with van der Waals surface area (Å²) in [7, 11) is -2.87. The molecule has 2 N–H and O–H groups in total. The number of nitrogens with zero attached hydrogens (tertiary/aromatic N) is 1. The van der Waals surface area contributed by atoms with Crippen LogP contribution in [0.5, 0.6) is 0 Å². The van der Waals surface area contributed by atoms with Gasteiger partial charge in [0.05, 0.1) is 11.5 Å². The van der Waals surface area contributed by atoms with Crippen molar-refractivity contribution >= 4 is 27.1 Å². The molecule has 2 rings (SSSR count). The van der Waals surface area contributed by atoms with E-state index in [9.17, 15) is 8.42 Å². The molecule has 1 aliphatic heterocycles. The molecule has 1 unspecified atom stereocenters. The van der Waals surface area contributed by atoms with Crippen molar-refractivity contribution < 1.29 is 8.42 Å². The van der Waals surface area contributed by atoms with Gasteiger partial charge in [0.2, 0.25) is 0 Å². The predicted octanol–water partition coefficient (Wildman–Crippen LogP) is 1.85. The van der Waals surface area contributed by atoms with Gasteiger partial charge in [-0.25, -0.2) is 8.42 Å². The van der Waals surface area contributed by atoms with Gasteiger partial charge in [-0.05, 0) is 30.5 Å². The standard InChI is InChI=1S/C14H21ClN2O2S/c1-2-13(16)9-11-3-4-12(15)10-14(11)17-5-7-20(18,19)8-6-17/h3-4,10,13H,2,5-9,16H2,1H3. The van der Waals surface area contributed by atoms with E-state index >= 15 is 0 Å². The van der Waals surface area contributed by atoms with Crippen LogP contribution in [0.2, 0.25) is 5.02 Å². The summed E-state index contributed by atoms with van der Waals surface area (Å²) in [4.78, 5) is 2.10. The Morgan fingerprint density at radius 3 is 2.60 bits per heavy atom. The Morgan fingerprint density at radius 2 is 2.00 bits per heavy atom. The largest absolute Gasteiger partial charge is 0.369 e. The number of sulfone groups is 1. The smallest absolute Gasteiger partial charge is 0.153 e. The molecule has 0 bridgehead atoms. The van der Waals surface area contributed by atoms with Crippen LogP contribution in [0.4, 0.5) is 5.69 Å². The minimum atomic E-state index is -2.87. The van der Waals surface area contributed by atoms with Gasteiger partial charge in [0.25, 0.3) is 0 Å². The maximum Gasteiger partial charge on any atom is 0.153 e. The molecule has 1 aromatic carbocycles. The van der Waals surface area contributed by atoms with Gasteiger partial charge in [-0.15, -0.1) is 0 Å². The van der Waals surface area contributed by atoms with Gasteiger partial charge in [-0.3, -0.25) is 0 Å². The molecule has 112 valence electrons. The van der Waals surface area contributed by atoms with Crippen molar-refractivity contribution in [2.45, 2.75) is 25.8 Å². The second kappa shape index (κ2) is 6.33. The fraction of sp³-hybridized carbons (Fsp3) is 0.571. The number of hydrogen-bond acceptors (Lipinski definition) is 4. The van der Waals surface area contributed by atoms with Crippen LogP contribution in [0.3, 0.4) is 0 Å². The van der Waals surface area contributed by atoms with E-state index in [1.54, 1.807) is 0 Å². The summed E-state index contributed by atoms with van der Waals surface area (Å²) < 4.78 is 23.1. The second-order valence-corrected chi connectivity index (χ2v) is 8.02. The van der Waals surface area contributed by atoms with Crippen molar-refractivity contribution in [3.8, 4) is 0 Å². The molecule has 1 saturated heterocycles. The topological polar surface area (TPSA) is 63.4 Å². The van der Waals surface area contributed by atoms with Crippen LogP contribution in [-0.4, -0.2) is 39.1 Å².